The van der Waals surface area contributed by atoms with E-state index in [0.717, 1.165) is 42.3 Å². The monoisotopic (exact) mass is 285 g/mol. The van der Waals surface area contributed by atoms with Gasteiger partial charge < -0.3 is 15.2 Å². The van der Waals surface area contributed by atoms with Crippen LogP contribution >= 0.6 is 0 Å². The molecular weight excluding hydrogens is 266 g/mol. The zero-order valence-corrected chi connectivity index (χ0v) is 12.3. The van der Waals surface area contributed by atoms with Crippen LogP contribution in [0.25, 0.3) is 0 Å². The van der Waals surface area contributed by atoms with Crippen LogP contribution in [0.15, 0.2) is 18.2 Å². The van der Waals surface area contributed by atoms with Crippen molar-refractivity contribution in [1.29, 1.82) is 0 Å². The number of anilines is 1. The van der Waals surface area contributed by atoms with Gasteiger partial charge >= 0.3 is 6.03 Å². The van der Waals surface area contributed by atoms with E-state index in [1.54, 1.807) is 0 Å². The first-order chi connectivity index (χ1) is 10.1. The van der Waals surface area contributed by atoms with Crippen LogP contribution < -0.4 is 10.6 Å². The maximum absolute atomic E-state index is 12.0. The number of nitrogens with one attached hydrogen (secondary N) is 2. The smallest absolute Gasteiger partial charge is 0.319 e. The van der Waals surface area contributed by atoms with Crippen molar-refractivity contribution in [1.82, 2.24) is 20.1 Å². The highest BCUT2D eigenvalue weighted by Gasteiger charge is 2.17. The van der Waals surface area contributed by atoms with Crippen molar-refractivity contribution < 1.29 is 4.79 Å². The lowest BCUT2D eigenvalue weighted by atomic mass is 10.1. The topological polar surface area (TPSA) is 71.8 Å². The number of urea groups is 1. The van der Waals surface area contributed by atoms with Crippen molar-refractivity contribution >= 4 is 11.7 Å². The largest absolute Gasteiger partial charge is 0.331 e. The molecule has 3 rings (SSSR count). The number of fused-ring (bicyclic) bond motifs is 1. The Hall–Kier alpha value is -2.37. The molecule has 0 saturated heterocycles. The van der Waals surface area contributed by atoms with E-state index in [9.17, 15) is 4.79 Å². The Morgan fingerprint density at radius 3 is 3.00 bits per heavy atom. The van der Waals surface area contributed by atoms with Gasteiger partial charge in [-0.2, -0.15) is 0 Å². The molecule has 0 atom stereocenters. The third kappa shape index (κ3) is 2.89. The van der Waals surface area contributed by atoms with Crippen LogP contribution in [0.5, 0.6) is 0 Å². The average Bonchev–Trinajstić information content (AvgIpc) is 3.03. The number of amides is 2. The number of benzene rings is 1. The van der Waals surface area contributed by atoms with Crippen molar-refractivity contribution in [3.05, 3.63) is 41.0 Å². The predicted molar refractivity (Wildman–Crippen MR) is 80.1 cm³/mol. The molecule has 0 spiro atoms. The van der Waals surface area contributed by atoms with Crippen LogP contribution in [0, 0.1) is 13.8 Å². The molecule has 1 aromatic heterocycles. The van der Waals surface area contributed by atoms with Gasteiger partial charge in [0.1, 0.15) is 5.82 Å². The minimum atomic E-state index is -0.225. The molecule has 110 valence electrons. The molecular formula is C15H19N5O. The zero-order valence-electron chi connectivity index (χ0n) is 12.3. The summed E-state index contributed by atoms with van der Waals surface area (Å²) in [6.07, 6.45) is 2.08. The average molecular weight is 285 g/mol. The van der Waals surface area contributed by atoms with Gasteiger partial charge in [0, 0.05) is 18.7 Å². The van der Waals surface area contributed by atoms with E-state index in [1.165, 1.54) is 5.56 Å². The van der Waals surface area contributed by atoms with E-state index in [1.807, 2.05) is 32.0 Å². The van der Waals surface area contributed by atoms with E-state index in [0.29, 0.717) is 6.54 Å². The lowest BCUT2D eigenvalue weighted by Crippen LogP contribution is -2.29. The van der Waals surface area contributed by atoms with Crippen LogP contribution in [0.4, 0.5) is 10.5 Å². The highest BCUT2D eigenvalue weighted by atomic mass is 16.2. The second kappa shape index (κ2) is 5.55. The number of aryl methyl sites for hydroxylation is 3. The Kier molecular flexibility index (Phi) is 3.60. The van der Waals surface area contributed by atoms with Crippen LogP contribution in [0.1, 0.15) is 29.2 Å². The Bertz CT molecular complexity index is 677. The summed E-state index contributed by atoms with van der Waals surface area (Å²) in [4.78, 5) is 12.0. The van der Waals surface area contributed by atoms with Crippen molar-refractivity contribution in [3.8, 4) is 0 Å². The fourth-order valence-electron chi connectivity index (χ4n) is 2.62. The molecule has 1 aromatic carbocycles. The Morgan fingerprint density at radius 1 is 1.33 bits per heavy atom. The van der Waals surface area contributed by atoms with E-state index in [-0.39, 0.29) is 6.03 Å². The molecule has 6 nitrogen and oxygen atoms in total. The number of nitrogens with zero attached hydrogens (tertiary/aromatic N) is 3. The fourth-order valence-corrected chi connectivity index (χ4v) is 2.62. The maximum Gasteiger partial charge on any atom is 0.319 e. The highest BCUT2D eigenvalue weighted by Crippen LogP contribution is 2.16. The van der Waals surface area contributed by atoms with Gasteiger partial charge in [-0.3, -0.25) is 0 Å². The number of hydrogen-bond donors (Lipinski definition) is 2. The summed E-state index contributed by atoms with van der Waals surface area (Å²) in [5.41, 5.74) is 3.05. The summed E-state index contributed by atoms with van der Waals surface area (Å²) >= 11 is 0. The molecule has 2 heterocycles. The molecule has 21 heavy (non-hydrogen) atoms. The van der Waals surface area contributed by atoms with Crippen LogP contribution in [-0.4, -0.2) is 20.8 Å². The van der Waals surface area contributed by atoms with Crippen molar-refractivity contribution in [2.24, 2.45) is 0 Å². The summed E-state index contributed by atoms with van der Waals surface area (Å²) < 4.78 is 2.08. The molecule has 0 fully saturated rings. The molecule has 1 aliphatic heterocycles. The summed E-state index contributed by atoms with van der Waals surface area (Å²) in [6.45, 7) is 5.35. The normalized spacial score (nSPS) is 13.0. The Balaban J connectivity index is 1.59. The van der Waals surface area contributed by atoms with Crippen molar-refractivity contribution in [3.63, 3.8) is 0 Å². The van der Waals surface area contributed by atoms with E-state index >= 15 is 0 Å². The Labute approximate surface area is 123 Å². The van der Waals surface area contributed by atoms with E-state index in [4.69, 9.17) is 0 Å². The lowest BCUT2D eigenvalue weighted by Gasteiger charge is -2.10. The standard InChI is InChI=1S/C15H19N5O/c1-10-5-6-12(11(2)8-10)17-15(21)16-9-14-19-18-13-4-3-7-20(13)14/h5-6,8H,3-4,7,9H2,1-2H3,(H2,16,17,21). The quantitative estimate of drug-likeness (QED) is 0.907. The van der Waals surface area contributed by atoms with Crippen molar-refractivity contribution in [2.45, 2.75) is 39.8 Å². The van der Waals surface area contributed by atoms with Gasteiger partial charge in [0.05, 0.1) is 6.54 Å². The minimum Gasteiger partial charge on any atom is -0.331 e. The SMILES string of the molecule is Cc1ccc(NC(=O)NCc2nnc3n2CCC3)c(C)c1. The fraction of sp³-hybridized carbons (Fsp3) is 0.400. The van der Waals surface area contributed by atoms with E-state index in [2.05, 4.69) is 25.4 Å². The van der Waals surface area contributed by atoms with Crippen molar-refractivity contribution in [2.75, 3.05) is 5.32 Å². The molecule has 0 bridgehead atoms. The maximum atomic E-state index is 12.0. The number of aromatic nitrogens is 3. The first kappa shape index (κ1) is 13.6. The van der Waals surface area contributed by atoms with Gasteiger partial charge in [-0.1, -0.05) is 17.7 Å². The number of hydrogen-bond acceptors (Lipinski definition) is 3. The van der Waals surface area contributed by atoms with Gasteiger partial charge in [0.25, 0.3) is 0 Å². The van der Waals surface area contributed by atoms with E-state index < -0.39 is 0 Å². The third-order valence-corrected chi connectivity index (χ3v) is 3.72. The summed E-state index contributed by atoms with van der Waals surface area (Å²) in [7, 11) is 0. The highest BCUT2D eigenvalue weighted by molar-refractivity contribution is 5.90. The summed E-state index contributed by atoms with van der Waals surface area (Å²) in [5.74, 6) is 1.83. The minimum absolute atomic E-state index is 0.225. The predicted octanol–water partition coefficient (Wildman–Crippen LogP) is 2.16. The molecule has 2 N–H and O–H groups in total. The molecule has 2 aromatic rings. The third-order valence-electron chi connectivity index (χ3n) is 3.72. The molecule has 0 aliphatic carbocycles. The van der Waals surface area contributed by atoms with Crippen LogP contribution in [-0.2, 0) is 19.5 Å². The molecule has 2 amide bonds. The van der Waals surface area contributed by atoms with Gasteiger partial charge in [0.2, 0.25) is 0 Å². The van der Waals surface area contributed by atoms with Gasteiger partial charge in [-0.15, -0.1) is 10.2 Å². The number of carbonyl (C=O) groups is 1. The number of rotatable bonds is 3. The molecule has 0 saturated carbocycles. The second-order valence-corrected chi connectivity index (χ2v) is 5.41. The van der Waals surface area contributed by atoms with Gasteiger partial charge in [-0.05, 0) is 31.9 Å². The van der Waals surface area contributed by atoms with Crippen LogP contribution in [0.3, 0.4) is 0 Å². The molecule has 1 aliphatic rings. The summed E-state index contributed by atoms with van der Waals surface area (Å²) in [5, 5.41) is 13.9. The first-order valence-electron chi connectivity index (χ1n) is 7.16. The van der Waals surface area contributed by atoms with Gasteiger partial charge in [0.15, 0.2) is 5.82 Å². The Morgan fingerprint density at radius 2 is 2.19 bits per heavy atom. The molecule has 0 unspecified atom stereocenters. The zero-order chi connectivity index (χ0) is 14.8. The first-order valence-corrected chi connectivity index (χ1v) is 7.16. The molecule has 0 radical (unpaired) electrons. The summed E-state index contributed by atoms with van der Waals surface area (Å²) in [6, 6.07) is 5.71. The number of carbonyl (C=O) groups excluding carboxylic acids is 1. The lowest BCUT2D eigenvalue weighted by molar-refractivity contribution is 0.251. The second-order valence-electron chi connectivity index (χ2n) is 5.41. The molecule has 6 heteroatoms. The van der Waals surface area contributed by atoms with Crippen LogP contribution in [0.2, 0.25) is 0 Å². The van der Waals surface area contributed by atoms with Gasteiger partial charge in [-0.25, -0.2) is 4.79 Å².